The number of nitrogens with zero attached hydrogens (tertiary/aromatic N) is 3. The van der Waals surface area contributed by atoms with E-state index in [0.717, 1.165) is 32.4 Å². The first-order chi connectivity index (χ1) is 10.9. The van der Waals surface area contributed by atoms with Crippen LogP contribution in [0.3, 0.4) is 0 Å². The molecular formula is C16H27N5O2. The van der Waals surface area contributed by atoms with Gasteiger partial charge in [-0.2, -0.15) is 0 Å². The van der Waals surface area contributed by atoms with Crippen LogP contribution in [-0.2, 0) is 4.74 Å². The van der Waals surface area contributed by atoms with Gasteiger partial charge in [-0.1, -0.05) is 19.1 Å². The number of rotatable bonds is 4. The molecule has 1 aliphatic carbocycles. The molecule has 2 heterocycles. The van der Waals surface area contributed by atoms with E-state index in [1.807, 2.05) is 4.68 Å². The molecule has 0 unspecified atom stereocenters. The molecule has 1 amide bonds. The summed E-state index contributed by atoms with van der Waals surface area (Å²) < 4.78 is 7.43. The van der Waals surface area contributed by atoms with Crippen molar-refractivity contribution in [2.24, 2.45) is 5.41 Å². The summed E-state index contributed by atoms with van der Waals surface area (Å²) in [5.74, 6) is -0.151. The molecule has 1 aliphatic heterocycles. The van der Waals surface area contributed by atoms with Gasteiger partial charge < -0.3 is 15.4 Å². The maximum absolute atomic E-state index is 12.5. The Bertz CT molecular complexity index is 579. The Morgan fingerprint density at radius 2 is 2.09 bits per heavy atom. The van der Waals surface area contributed by atoms with Gasteiger partial charge in [0.25, 0.3) is 5.91 Å². The summed E-state index contributed by atoms with van der Waals surface area (Å²) in [5.41, 5.74) is 0.0884. The molecule has 0 radical (unpaired) electrons. The number of hydrogen-bond donors (Lipinski definition) is 2. The van der Waals surface area contributed by atoms with Gasteiger partial charge in [0.05, 0.1) is 17.8 Å². The van der Waals surface area contributed by atoms with Crippen LogP contribution >= 0.6 is 0 Å². The normalized spacial score (nSPS) is 30.7. The van der Waals surface area contributed by atoms with Gasteiger partial charge in [0.15, 0.2) is 5.69 Å². The van der Waals surface area contributed by atoms with Crippen LogP contribution in [0.5, 0.6) is 0 Å². The summed E-state index contributed by atoms with van der Waals surface area (Å²) in [4.78, 5) is 12.5. The first-order valence-corrected chi connectivity index (χ1v) is 8.36. The molecule has 23 heavy (non-hydrogen) atoms. The standard InChI is InChI=1S/C16H27N5O2/c1-15(2)13(9-16(15,3)23-4)18-14(22)12-10-21(20-19-12)11-5-7-17-8-6-11/h10-11,13,17H,5-9H2,1-4H3,(H,18,22)/t13-,16-/m0/s1. The van der Waals surface area contributed by atoms with E-state index in [1.54, 1.807) is 13.3 Å². The van der Waals surface area contributed by atoms with E-state index in [4.69, 9.17) is 4.74 Å². The van der Waals surface area contributed by atoms with E-state index >= 15 is 0 Å². The maximum Gasteiger partial charge on any atom is 0.273 e. The van der Waals surface area contributed by atoms with Gasteiger partial charge in [-0.15, -0.1) is 5.10 Å². The zero-order chi connectivity index (χ0) is 16.7. The first-order valence-electron chi connectivity index (χ1n) is 8.36. The van der Waals surface area contributed by atoms with Crippen LogP contribution in [0.1, 0.15) is 56.6 Å². The Labute approximate surface area is 137 Å². The van der Waals surface area contributed by atoms with E-state index in [2.05, 4.69) is 41.7 Å². The van der Waals surface area contributed by atoms with E-state index in [-0.39, 0.29) is 23.0 Å². The smallest absolute Gasteiger partial charge is 0.273 e. The van der Waals surface area contributed by atoms with Gasteiger partial charge in [0, 0.05) is 18.6 Å². The third kappa shape index (κ3) is 2.76. The van der Waals surface area contributed by atoms with Crippen LogP contribution in [0.25, 0.3) is 0 Å². The molecule has 2 atom stereocenters. The van der Waals surface area contributed by atoms with Crippen molar-refractivity contribution in [2.75, 3.05) is 20.2 Å². The summed E-state index contributed by atoms with van der Waals surface area (Å²) in [7, 11) is 1.73. The number of methoxy groups -OCH3 is 1. The quantitative estimate of drug-likeness (QED) is 0.869. The van der Waals surface area contributed by atoms with Crippen molar-refractivity contribution in [3.8, 4) is 0 Å². The number of amides is 1. The van der Waals surface area contributed by atoms with Gasteiger partial charge >= 0.3 is 0 Å². The minimum atomic E-state index is -0.197. The van der Waals surface area contributed by atoms with Gasteiger partial charge in [0.1, 0.15) is 0 Å². The zero-order valence-electron chi connectivity index (χ0n) is 14.4. The average Bonchev–Trinajstić information content (AvgIpc) is 3.05. The molecule has 0 aromatic carbocycles. The predicted octanol–water partition coefficient (Wildman–Crippen LogP) is 1.14. The molecule has 128 valence electrons. The van der Waals surface area contributed by atoms with E-state index in [9.17, 15) is 4.79 Å². The van der Waals surface area contributed by atoms with Crippen molar-refractivity contribution in [1.29, 1.82) is 0 Å². The summed E-state index contributed by atoms with van der Waals surface area (Å²) >= 11 is 0. The third-order valence-corrected chi connectivity index (χ3v) is 6.01. The van der Waals surface area contributed by atoms with Gasteiger partial charge in [0.2, 0.25) is 0 Å². The highest BCUT2D eigenvalue weighted by atomic mass is 16.5. The maximum atomic E-state index is 12.5. The van der Waals surface area contributed by atoms with Crippen molar-refractivity contribution in [3.05, 3.63) is 11.9 Å². The van der Waals surface area contributed by atoms with Crippen LogP contribution in [0.4, 0.5) is 0 Å². The van der Waals surface area contributed by atoms with Gasteiger partial charge in [-0.3, -0.25) is 4.79 Å². The molecule has 1 aromatic heterocycles. The second-order valence-corrected chi connectivity index (χ2v) is 7.45. The average molecular weight is 321 g/mol. The highest BCUT2D eigenvalue weighted by Crippen LogP contribution is 2.51. The lowest BCUT2D eigenvalue weighted by molar-refractivity contribution is -0.177. The topological polar surface area (TPSA) is 81.1 Å². The minimum absolute atomic E-state index is 0.0870. The van der Waals surface area contributed by atoms with Crippen molar-refractivity contribution in [3.63, 3.8) is 0 Å². The van der Waals surface area contributed by atoms with Crippen LogP contribution in [0.2, 0.25) is 0 Å². The highest BCUT2D eigenvalue weighted by molar-refractivity contribution is 5.92. The summed E-state index contributed by atoms with van der Waals surface area (Å²) in [6.45, 7) is 8.30. The molecule has 3 rings (SSSR count). The second kappa shape index (κ2) is 5.87. The first kappa shape index (κ1) is 16.4. The minimum Gasteiger partial charge on any atom is -0.378 e. The van der Waals surface area contributed by atoms with Crippen LogP contribution in [-0.4, -0.2) is 52.7 Å². The van der Waals surface area contributed by atoms with Gasteiger partial charge in [-0.05, 0) is 39.3 Å². The van der Waals surface area contributed by atoms with Gasteiger partial charge in [-0.25, -0.2) is 4.68 Å². The Hall–Kier alpha value is -1.47. The number of carbonyl (C=O) groups excluding carboxylic acids is 1. The fraction of sp³-hybridized carbons (Fsp3) is 0.812. The predicted molar refractivity (Wildman–Crippen MR) is 86.2 cm³/mol. The fourth-order valence-corrected chi connectivity index (χ4v) is 3.59. The van der Waals surface area contributed by atoms with Crippen LogP contribution in [0.15, 0.2) is 6.20 Å². The molecular weight excluding hydrogens is 294 g/mol. The Morgan fingerprint density at radius 1 is 1.39 bits per heavy atom. The van der Waals surface area contributed by atoms with Crippen molar-refractivity contribution >= 4 is 5.91 Å². The lowest BCUT2D eigenvalue weighted by Gasteiger charge is -2.59. The molecule has 0 spiro atoms. The molecule has 2 fully saturated rings. The Kier molecular flexibility index (Phi) is 4.18. The number of ether oxygens (including phenoxy) is 1. The summed E-state index contributed by atoms with van der Waals surface area (Å²) in [5, 5.41) is 14.6. The lowest BCUT2D eigenvalue weighted by atomic mass is 9.56. The number of carbonyl (C=O) groups is 1. The highest BCUT2D eigenvalue weighted by Gasteiger charge is 2.58. The molecule has 0 bridgehead atoms. The Morgan fingerprint density at radius 3 is 2.70 bits per heavy atom. The Balaban J connectivity index is 1.62. The molecule has 1 saturated heterocycles. The van der Waals surface area contributed by atoms with E-state index in [0.29, 0.717) is 11.7 Å². The third-order valence-electron chi connectivity index (χ3n) is 6.01. The number of hydrogen-bond acceptors (Lipinski definition) is 5. The second-order valence-electron chi connectivity index (χ2n) is 7.45. The monoisotopic (exact) mass is 321 g/mol. The summed E-state index contributed by atoms with van der Waals surface area (Å²) in [6, 6.07) is 0.422. The van der Waals surface area contributed by atoms with Crippen molar-refractivity contribution in [1.82, 2.24) is 25.6 Å². The number of piperidine rings is 1. The number of nitrogens with one attached hydrogen (secondary N) is 2. The SMILES string of the molecule is CO[C@@]1(C)C[C@H](NC(=O)c2cn(C3CCNCC3)nn2)C1(C)C. The molecule has 7 heteroatoms. The fourth-order valence-electron chi connectivity index (χ4n) is 3.59. The van der Waals surface area contributed by atoms with E-state index < -0.39 is 0 Å². The van der Waals surface area contributed by atoms with Crippen LogP contribution < -0.4 is 10.6 Å². The van der Waals surface area contributed by atoms with Crippen LogP contribution in [0, 0.1) is 5.41 Å². The molecule has 7 nitrogen and oxygen atoms in total. The largest absolute Gasteiger partial charge is 0.378 e. The lowest BCUT2D eigenvalue weighted by Crippen LogP contribution is -2.68. The van der Waals surface area contributed by atoms with E-state index in [1.165, 1.54) is 0 Å². The zero-order valence-corrected chi connectivity index (χ0v) is 14.4. The molecule has 1 saturated carbocycles. The van der Waals surface area contributed by atoms with Crippen molar-refractivity contribution in [2.45, 2.75) is 57.7 Å². The molecule has 2 aliphatic rings. The summed E-state index contributed by atoms with van der Waals surface area (Å²) in [6.07, 6.45) is 4.62. The molecule has 2 N–H and O–H groups in total. The van der Waals surface area contributed by atoms with Crippen molar-refractivity contribution < 1.29 is 9.53 Å². The molecule has 1 aromatic rings. The number of aromatic nitrogens is 3.